The van der Waals surface area contributed by atoms with E-state index >= 15 is 0 Å². The van der Waals surface area contributed by atoms with E-state index in [1.165, 1.54) is 68.7 Å². The van der Waals surface area contributed by atoms with Gasteiger partial charge in [-0.25, -0.2) is 0 Å². The van der Waals surface area contributed by atoms with Crippen LogP contribution in [0.2, 0.25) is 0 Å². The highest BCUT2D eigenvalue weighted by Gasteiger charge is 2.51. The van der Waals surface area contributed by atoms with Crippen LogP contribution in [0.1, 0.15) is 87.1 Å². The van der Waals surface area contributed by atoms with E-state index < -0.39 is 0 Å². The molecule has 0 radical (unpaired) electrons. The predicted molar refractivity (Wildman–Crippen MR) is 177 cm³/mol. The number of benzene rings is 3. The van der Waals surface area contributed by atoms with Crippen LogP contribution in [0.4, 0.5) is 0 Å². The molecule has 216 valence electrons. The van der Waals surface area contributed by atoms with E-state index in [0.29, 0.717) is 5.92 Å². The third-order valence-corrected chi connectivity index (χ3v) is 10.6. The van der Waals surface area contributed by atoms with Crippen molar-refractivity contribution in [1.29, 1.82) is 0 Å². The van der Waals surface area contributed by atoms with E-state index in [2.05, 4.69) is 146 Å². The molecule has 2 aliphatic heterocycles. The summed E-state index contributed by atoms with van der Waals surface area (Å²) in [5.74, 6) is 0.340. The molecular weight excluding hydrogens is 520 g/mol. The summed E-state index contributed by atoms with van der Waals surface area (Å²) < 4.78 is 5.26. The molecular formula is C41H44N2+2. The van der Waals surface area contributed by atoms with Gasteiger partial charge in [0.25, 0.3) is 0 Å². The Morgan fingerprint density at radius 1 is 0.698 bits per heavy atom. The highest BCUT2D eigenvalue weighted by Crippen LogP contribution is 2.50. The van der Waals surface area contributed by atoms with E-state index in [1.807, 2.05) is 0 Å². The number of pyridine rings is 2. The van der Waals surface area contributed by atoms with Crippen molar-refractivity contribution < 1.29 is 9.13 Å². The average molecular weight is 565 g/mol. The van der Waals surface area contributed by atoms with Crippen LogP contribution in [0.15, 0.2) is 109 Å². The summed E-state index contributed by atoms with van der Waals surface area (Å²) in [4.78, 5) is 0. The van der Waals surface area contributed by atoms with Crippen molar-refractivity contribution in [3.05, 3.63) is 132 Å². The van der Waals surface area contributed by atoms with E-state index in [1.54, 1.807) is 0 Å². The first kappa shape index (κ1) is 27.8. The van der Waals surface area contributed by atoms with Crippen molar-refractivity contribution in [2.24, 2.45) is 0 Å². The molecule has 0 N–H and O–H groups in total. The molecule has 2 heteroatoms. The molecule has 2 aromatic heterocycles. The molecule has 0 amide bonds. The van der Waals surface area contributed by atoms with Crippen LogP contribution in [0.25, 0.3) is 33.6 Å². The van der Waals surface area contributed by atoms with Crippen LogP contribution in [-0.4, -0.2) is 0 Å². The summed E-state index contributed by atoms with van der Waals surface area (Å²) in [5, 5.41) is 0. The second kappa shape index (κ2) is 11.2. The smallest absolute Gasteiger partial charge is 0.193 e. The highest BCUT2D eigenvalue weighted by atomic mass is 15.1. The summed E-state index contributed by atoms with van der Waals surface area (Å²) in [5.41, 5.74) is 13.8. The molecule has 2 unspecified atom stereocenters. The van der Waals surface area contributed by atoms with Gasteiger partial charge in [0.15, 0.2) is 24.0 Å². The zero-order valence-electron chi connectivity index (χ0n) is 26.2. The molecule has 0 fully saturated rings. The normalized spacial score (nSPS) is 17.9. The van der Waals surface area contributed by atoms with Gasteiger partial charge in [-0.15, -0.1) is 0 Å². The average Bonchev–Trinajstić information content (AvgIpc) is 3.32. The molecule has 7 rings (SSSR count). The van der Waals surface area contributed by atoms with Crippen LogP contribution >= 0.6 is 0 Å². The third-order valence-electron chi connectivity index (χ3n) is 10.6. The minimum atomic E-state index is 0.0433. The molecule has 0 aliphatic carbocycles. The van der Waals surface area contributed by atoms with Crippen LogP contribution < -0.4 is 9.13 Å². The maximum Gasteiger partial charge on any atom is 0.214 e. The van der Waals surface area contributed by atoms with Crippen LogP contribution in [-0.2, 0) is 12.0 Å². The lowest BCUT2D eigenvalue weighted by atomic mass is 9.75. The number of nitrogens with zero attached hydrogens (tertiary/aromatic N) is 2. The Balaban J connectivity index is 1.43. The molecule has 3 aromatic carbocycles. The Bertz CT molecular complexity index is 1790. The Morgan fingerprint density at radius 2 is 1.37 bits per heavy atom. The molecule has 2 aliphatic rings. The fourth-order valence-electron chi connectivity index (χ4n) is 8.12. The Morgan fingerprint density at radius 3 is 2.09 bits per heavy atom. The first-order valence-electron chi connectivity index (χ1n) is 16.4. The van der Waals surface area contributed by atoms with Crippen molar-refractivity contribution in [3.8, 4) is 33.6 Å². The van der Waals surface area contributed by atoms with Crippen molar-refractivity contribution >= 4 is 0 Å². The van der Waals surface area contributed by atoms with Crippen LogP contribution in [0.3, 0.4) is 0 Å². The van der Waals surface area contributed by atoms with E-state index in [9.17, 15) is 0 Å². The summed E-state index contributed by atoms with van der Waals surface area (Å²) in [7, 11) is 0. The molecule has 4 heterocycles. The van der Waals surface area contributed by atoms with Crippen LogP contribution in [0, 0.1) is 6.92 Å². The molecule has 0 saturated carbocycles. The second-order valence-electron chi connectivity index (χ2n) is 12.8. The first-order chi connectivity index (χ1) is 21.1. The minimum Gasteiger partial charge on any atom is -0.193 e. The lowest BCUT2D eigenvalue weighted by Crippen LogP contribution is -2.57. The molecule has 0 saturated heterocycles. The fraction of sp³-hybridized carbons (Fsp3) is 0.317. The quantitative estimate of drug-likeness (QED) is 0.174. The van der Waals surface area contributed by atoms with Gasteiger partial charge in [0.1, 0.15) is 0 Å². The number of hydrogen-bond donors (Lipinski definition) is 0. The van der Waals surface area contributed by atoms with E-state index in [4.69, 9.17) is 0 Å². The monoisotopic (exact) mass is 564 g/mol. The van der Waals surface area contributed by atoms with Crippen molar-refractivity contribution in [2.75, 3.05) is 0 Å². The molecule has 43 heavy (non-hydrogen) atoms. The number of aromatic nitrogens is 2. The number of unbranched alkanes of at least 4 members (excludes halogenated alkanes) is 1. The summed E-state index contributed by atoms with van der Waals surface area (Å²) in [6.45, 7) is 9.30. The fourth-order valence-corrected chi connectivity index (χ4v) is 8.12. The predicted octanol–water partition coefficient (Wildman–Crippen LogP) is 9.52. The van der Waals surface area contributed by atoms with Gasteiger partial charge < -0.3 is 0 Å². The minimum absolute atomic E-state index is 0.0433. The molecule has 5 aromatic rings. The highest BCUT2D eigenvalue weighted by molar-refractivity contribution is 5.74. The van der Waals surface area contributed by atoms with Gasteiger partial charge >= 0.3 is 0 Å². The van der Waals surface area contributed by atoms with Crippen molar-refractivity contribution in [2.45, 2.75) is 83.7 Å². The number of rotatable bonds is 7. The van der Waals surface area contributed by atoms with E-state index in [-0.39, 0.29) is 11.6 Å². The summed E-state index contributed by atoms with van der Waals surface area (Å²) in [6, 6.07) is 37.1. The van der Waals surface area contributed by atoms with Crippen molar-refractivity contribution in [1.82, 2.24) is 0 Å². The Hall–Kier alpha value is -4.04. The molecule has 0 bridgehead atoms. The topological polar surface area (TPSA) is 7.76 Å². The molecule has 2 atom stereocenters. The number of aryl methyl sites for hydroxylation is 2. The summed E-state index contributed by atoms with van der Waals surface area (Å²) >= 11 is 0. The SMILES string of the molecule is CCCCc1cc[n+]2c(c1)-c1ccccc1C(C1c3ccccc3-c3cc(-c4ccccc4C)cc[n+]31)CC2(CC)CC. The Kier molecular flexibility index (Phi) is 7.25. The summed E-state index contributed by atoms with van der Waals surface area (Å²) in [6.07, 6.45) is 11.7. The number of hydrogen-bond acceptors (Lipinski definition) is 0. The lowest BCUT2D eigenvalue weighted by molar-refractivity contribution is -0.760. The Labute approximate surface area is 257 Å². The van der Waals surface area contributed by atoms with E-state index in [0.717, 1.165) is 25.7 Å². The number of fused-ring (bicyclic) bond motifs is 6. The zero-order chi connectivity index (χ0) is 29.6. The lowest BCUT2D eigenvalue weighted by Gasteiger charge is -2.30. The zero-order valence-corrected chi connectivity index (χ0v) is 26.2. The molecule has 2 nitrogen and oxygen atoms in total. The van der Waals surface area contributed by atoms with Gasteiger partial charge in [0, 0.05) is 54.7 Å². The molecule has 0 spiro atoms. The largest absolute Gasteiger partial charge is 0.214 e. The van der Waals surface area contributed by atoms with Crippen molar-refractivity contribution in [3.63, 3.8) is 0 Å². The third kappa shape index (κ3) is 4.54. The van der Waals surface area contributed by atoms with Gasteiger partial charge in [-0.2, -0.15) is 9.13 Å². The van der Waals surface area contributed by atoms with Gasteiger partial charge in [-0.1, -0.05) is 87.9 Å². The second-order valence-corrected chi connectivity index (χ2v) is 12.8. The van der Waals surface area contributed by atoms with Gasteiger partial charge in [-0.05, 0) is 59.7 Å². The van der Waals surface area contributed by atoms with Gasteiger partial charge in [0.2, 0.25) is 11.4 Å². The van der Waals surface area contributed by atoms with Gasteiger partial charge in [0.05, 0.1) is 11.5 Å². The van der Waals surface area contributed by atoms with Gasteiger partial charge in [-0.3, -0.25) is 0 Å². The van der Waals surface area contributed by atoms with Crippen LogP contribution in [0.5, 0.6) is 0 Å². The maximum absolute atomic E-state index is 2.66. The standard InChI is InChI=1S/C41H44N2/c1-5-8-16-30-22-25-43-39(26-30)34-19-12-11-18-33(34)37(28-41(43,6-2)7-3)40-36-21-14-13-20-35(36)38-27-31(23-24-42(38)40)32-17-10-9-15-29(32)4/h9-15,17-27,37,40H,5-8,16,28H2,1-4H3/q+2. The first-order valence-corrected chi connectivity index (χ1v) is 16.4. The maximum atomic E-state index is 2.66.